The van der Waals surface area contributed by atoms with Gasteiger partial charge in [-0.1, -0.05) is 0 Å². The first-order chi connectivity index (χ1) is 7.85. The number of ether oxygens (including phenoxy) is 1. The fraction of sp³-hybridized carbons (Fsp3) is 0.800. The molecule has 0 spiro atoms. The Kier molecular flexibility index (Phi) is 7.73. The van der Waals surface area contributed by atoms with Gasteiger partial charge in [0.25, 0.3) is 0 Å². The maximum atomic E-state index is 11.2. The molecule has 0 radical (unpaired) electrons. The van der Waals surface area contributed by atoms with Crippen LogP contribution in [0.2, 0.25) is 0 Å². The average Bonchev–Trinajstić information content (AvgIpc) is 2.21. The Hall–Kier alpha value is -0.950. The van der Waals surface area contributed by atoms with Crippen molar-refractivity contribution in [3.05, 3.63) is 0 Å². The second-order valence-electron chi connectivity index (χ2n) is 4.42. The Balaban J connectivity index is 3.56. The molecule has 0 bridgehead atoms. The lowest BCUT2D eigenvalue weighted by Crippen LogP contribution is -2.39. The molecule has 17 heavy (non-hydrogen) atoms. The summed E-state index contributed by atoms with van der Waals surface area (Å²) in [4.78, 5) is 22.3. The summed E-state index contributed by atoms with van der Waals surface area (Å²) in [5.41, 5.74) is 5.21. The Morgan fingerprint density at radius 2 is 1.88 bits per heavy atom. The molecule has 0 aliphatic carbocycles. The lowest BCUT2D eigenvalue weighted by molar-refractivity contribution is -0.120. The molecule has 0 aromatic rings. The van der Waals surface area contributed by atoms with E-state index in [-0.39, 0.29) is 12.5 Å². The lowest BCUT2D eigenvalue weighted by Gasteiger charge is -2.24. The highest BCUT2D eigenvalue weighted by molar-refractivity contribution is 8.32. The molecule has 0 heterocycles. The van der Waals surface area contributed by atoms with Crippen LogP contribution in [0.1, 0.15) is 0 Å². The van der Waals surface area contributed by atoms with E-state index in [9.17, 15) is 9.59 Å². The molecular formula is C10H23N3O3S. The van der Waals surface area contributed by atoms with E-state index in [1.54, 1.807) is 0 Å². The van der Waals surface area contributed by atoms with Crippen molar-refractivity contribution in [1.82, 2.24) is 10.6 Å². The van der Waals surface area contributed by atoms with Crippen molar-refractivity contribution in [2.24, 2.45) is 5.73 Å². The van der Waals surface area contributed by atoms with Crippen LogP contribution in [-0.4, -0.2) is 62.8 Å². The van der Waals surface area contributed by atoms with Crippen LogP contribution in [0.25, 0.3) is 0 Å². The normalized spacial score (nSPS) is 11.8. The van der Waals surface area contributed by atoms with Crippen molar-refractivity contribution in [2.45, 2.75) is 0 Å². The van der Waals surface area contributed by atoms with Gasteiger partial charge in [0.15, 0.2) is 0 Å². The van der Waals surface area contributed by atoms with Gasteiger partial charge in [-0.15, -0.1) is 0 Å². The third-order valence-electron chi connectivity index (χ3n) is 1.79. The minimum Gasteiger partial charge on any atom is -0.449 e. The molecule has 102 valence electrons. The van der Waals surface area contributed by atoms with Crippen LogP contribution in [0.4, 0.5) is 4.79 Å². The van der Waals surface area contributed by atoms with E-state index in [0.29, 0.717) is 19.7 Å². The summed E-state index contributed by atoms with van der Waals surface area (Å²) < 4.78 is 4.94. The van der Waals surface area contributed by atoms with Crippen LogP contribution >= 0.6 is 10.0 Å². The van der Waals surface area contributed by atoms with Crippen LogP contribution in [-0.2, 0) is 9.53 Å². The Morgan fingerprint density at radius 3 is 2.41 bits per heavy atom. The van der Waals surface area contributed by atoms with Crippen molar-refractivity contribution in [2.75, 3.05) is 50.8 Å². The van der Waals surface area contributed by atoms with Crippen LogP contribution in [0, 0.1) is 0 Å². The van der Waals surface area contributed by atoms with Crippen LogP contribution < -0.4 is 16.4 Å². The quantitative estimate of drug-likeness (QED) is 0.577. The molecular weight excluding hydrogens is 242 g/mol. The number of nitrogens with one attached hydrogen (secondary N) is 2. The molecule has 4 N–H and O–H groups in total. The molecule has 0 aliphatic heterocycles. The molecule has 0 unspecified atom stereocenters. The van der Waals surface area contributed by atoms with Crippen LogP contribution in [0.5, 0.6) is 0 Å². The van der Waals surface area contributed by atoms with Crippen molar-refractivity contribution in [3.8, 4) is 0 Å². The second kappa shape index (κ2) is 8.19. The third-order valence-corrected chi connectivity index (χ3v) is 3.18. The van der Waals surface area contributed by atoms with Gasteiger partial charge in [-0.05, 0) is 18.8 Å². The van der Waals surface area contributed by atoms with Gasteiger partial charge in [0.2, 0.25) is 5.91 Å². The number of rotatable bonds is 7. The molecule has 0 aliphatic rings. The standard InChI is InChI=1S/C10H23N3O3S/c1-17(2,3)7-6-16-10(15)13-8-9(14)12-5-4-11/h4-8,11H2,1-3H3,(H,12,14)(H,13,15). The summed E-state index contributed by atoms with van der Waals surface area (Å²) in [5, 5.41) is 4.91. The second-order valence-corrected chi connectivity index (χ2v) is 9.01. The van der Waals surface area contributed by atoms with Crippen molar-refractivity contribution >= 4 is 22.0 Å². The van der Waals surface area contributed by atoms with E-state index in [4.69, 9.17) is 10.5 Å². The van der Waals surface area contributed by atoms with Gasteiger partial charge in [0, 0.05) is 18.8 Å². The number of carbonyl (C=O) groups excluding carboxylic acids is 2. The van der Waals surface area contributed by atoms with E-state index in [2.05, 4.69) is 29.4 Å². The highest BCUT2D eigenvalue weighted by atomic mass is 32.3. The summed E-state index contributed by atoms with van der Waals surface area (Å²) in [6.45, 7) is 1.09. The number of hydrogen-bond acceptors (Lipinski definition) is 4. The maximum absolute atomic E-state index is 11.2. The summed E-state index contributed by atoms with van der Waals surface area (Å²) in [6.07, 6.45) is 5.88. The van der Waals surface area contributed by atoms with Gasteiger partial charge in [-0.3, -0.25) is 4.79 Å². The molecule has 6 nitrogen and oxygen atoms in total. The van der Waals surface area contributed by atoms with Gasteiger partial charge >= 0.3 is 6.09 Å². The van der Waals surface area contributed by atoms with Crippen molar-refractivity contribution in [1.29, 1.82) is 0 Å². The minimum absolute atomic E-state index is 0.0821. The molecule has 2 amide bonds. The van der Waals surface area contributed by atoms with Gasteiger partial charge in [0.1, 0.15) is 6.61 Å². The Morgan fingerprint density at radius 1 is 1.24 bits per heavy atom. The monoisotopic (exact) mass is 265 g/mol. The molecule has 0 atom stereocenters. The molecule has 0 aromatic carbocycles. The zero-order valence-corrected chi connectivity index (χ0v) is 11.6. The third kappa shape index (κ3) is 11.3. The zero-order valence-electron chi connectivity index (χ0n) is 10.7. The van der Waals surface area contributed by atoms with E-state index in [0.717, 1.165) is 5.75 Å². The first-order valence-corrected chi connectivity index (χ1v) is 8.41. The molecule has 0 fully saturated rings. The predicted molar refractivity (Wildman–Crippen MR) is 71.6 cm³/mol. The van der Waals surface area contributed by atoms with E-state index in [1.807, 2.05) is 0 Å². The first kappa shape index (κ1) is 16.1. The van der Waals surface area contributed by atoms with Gasteiger partial charge < -0.3 is 21.1 Å². The molecule has 7 heteroatoms. The van der Waals surface area contributed by atoms with Gasteiger partial charge in [0.05, 0.1) is 6.54 Å². The highest BCUT2D eigenvalue weighted by Crippen LogP contribution is 2.33. The Labute approximate surface area is 104 Å². The highest BCUT2D eigenvalue weighted by Gasteiger charge is 2.08. The SMILES string of the molecule is CS(C)(C)CCOC(=O)NCC(=O)NCCN. The number of carbonyl (C=O) groups is 2. The first-order valence-electron chi connectivity index (χ1n) is 5.38. The van der Waals surface area contributed by atoms with Gasteiger partial charge in [-0.2, -0.15) is 0 Å². The fourth-order valence-corrected chi connectivity index (χ4v) is 1.45. The zero-order chi connectivity index (χ0) is 13.3. The molecule has 0 aromatic heterocycles. The van der Waals surface area contributed by atoms with E-state index < -0.39 is 16.1 Å². The van der Waals surface area contributed by atoms with Gasteiger partial charge in [-0.25, -0.2) is 14.8 Å². The van der Waals surface area contributed by atoms with Crippen LogP contribution in [0.15, 0.2) is 0 Å². The number of amides is 2. The molecule has 0 saturated carbocycles. The average molecular weight is 265 g/mol. The molecule has 0 saturated heterocycles. The summed E-state index contributed by atoms with van der Waals surface area (Å²) in [7, 11) is -0.661. The van der Waals surface area contributed by atoms with E-state index in [1.165, 1.54) is 0 Å². The fourth-order valence-electron chi connectivity index (χ4n) is 0.862. The number of hydrogen-bond donors (Lipinski definition) is 3. The van der Waals surface area contributed by atoms with Crippen LogP contribution in [0.3, 0.4) is 0 Å². The lowest BCUT2D eigenvalue weighted by atomic mass is 10.5. The van der Waals surface area contributed by atoms with Crippen molar-refractivity contribution in [3.63, 3.8) is 0 Å². The smallest absolute Gasteiger partial charge is 0.407 e. The maximum Gasteiger partial charge on any atom is 0.407 e. The number of alkyl carbamates (subject to hydrolysis) is 1. The number of nitrogens with two attached hydrogens (primary N) is 1. The minimum atomic E-state index is -0.661. The largest absolute Gasteiger partial charge is 0.449 e. The summed E-state index contributed by atoms with van der Waals surface area (Å²) in [5.74, 6) is 0.591. The summed E-state index contributed by atoms with van der Waals surface area (Å²) in [6, 6.07) is 0. The molecule has 0 rings (SSSR count). The summed E-state index contributed by atoms with van der Waals surface area (Å²) >= 11 is 0. The van der Waals surface area contributed by atoms with E-state index >= 15 is 0 Å². The predicted octanol–water partition coefficient (Wildman–Crippen LogP) is -0.518. The Bertz CT molecular complexity index is 254. The topological polar surface area (TPSA) is 93.4 Å². The van der Waals surface area contributed by atoms with Crippen molar-refractivity contribution < 1.29 is 14.3 Å².